The number of carbonyl (C=O) groups is 3. The van der Waals surface area contributed by atoms with E-state index in [0.29, 0.717) is 16.3 Å². The summed E-state index contributed by atoms with van der Waals surface area (Å²) >= 11 is 9.65. The molecule has 1 N–H and O–H groups in total. The van der Waals surface area contributed by atoms with Gasteiger partial charge >= 0.3 is 6.03 Å². The van der Waals surface area contributed by atoms with E-state index in [1.165, 1.54) is 6.08 Å². The van der Waals surface area contributed by atoms with Crippen LogP contribution >= 0.6 is 27.5 Å². The molecule has 2 aromatic carbocycles. The number of barbiturate groups is 1. The number of aromatic nitrogens is 1. The molecule has 0 unspecified atom stereocenters. The molecular weight excluding hydrogens is 494 g/mol. The molecule has 1 aromatic heterocycles. The molecule has 1 saturated heterocycles. The molecule has 1 aliphatic heterocycles. The highest BCUT2D eigenvalue weighted by Crippen LogP contribution is 2.29. The van der Waals surface area contributed by atoms with Crippen LogP contribution in [0.15, 0.2) is 58.6 Å². The summed E-state index contributed by atoms with van der Waals surface area (Å²) in [6, 6.07) is 13.7. The maximum Gasteiger partial charge on any atom is 0.335 e. The topological polar surface area (TPSA) is 71.4 Å². The molecule has 0 spiro atoms. The predicted molar refractivity (Wildman–Crippen MR) is 128 cm³/mol. The highest BCUT2D eigenvalue weighted by Gasteiger charge is 2.37. The first kappa shape index (κ1) is 22.0. The Morgan fingerprint density at radius 3 is 2.25 bits per heavy atom. The van der Waals surface area contributed by atoms with Crippen molar-refractivity contribution >= 4 is 57.1 Å². The van der Waals surface area contributed by atoms with Crippen molar-refractivity contribution in [1.82, 2.24) is 9.88 Å². The van der Waals surface area contributed by atoms with Gasteiger partial charge in [0.15, 0.2) is 0 Å². The smallest absolute Gasteiger partial charge is 0.318 e. The van der Waals surface area contributed by atoms with Crippen molar-refractivity contribution in [1.29, 1.82) is 0 Å². The number of nitrogens with one attached hydrogen (secondary N) is 1. The first-order chi connectivity index (χ1) is 15.2. The van der Waals surface area contributed by atoms with E-state index in [9.17, 15) is 14.4 Å². The zero-order valence-electron chi connectivity index (χ0n) is 17.6. The summed E-state index contributed by atoms with van der Waals surface area (Å²) in [6.07, 6.45) is 1.52. The minimum Gasteiger partial charge on any atom is -0.318 e. The lowest BCUT2D eigenvalue weighted by atomic mass is 10.1. The maximum absolute atomic E-state index is 13.1. The minimum atomic E-state index is -0.768. The van der Waals surface area contributed by atoms with Gasteiger partial charge in [-0.15, -0.1) is 0 Å². The second kappa shape index (κ2) is 8.41. The standard InChI is InChI=1S/C24H19BrClN3O3/c1-13-4-6-17(7-5-13)29-23(31)19(22(30)27-24(29)32)11-16-10-14(2)28(15(16)3)18-8-9-20(25)21(26)12-18/h4-12H,1-3H3,(H,27,30,32)/b19-11+. The van der Waals surface area contributed by atoms with Crippen LogP contribution in [0.4, 0.5) is 10.5 Å². The van der Waals surface area contributed by atoms with E-state index in [1.807, 2.05) is 49.6 Å². The van der Waals surface area contributed by atoms with Gasteiger partial charge in [0.05, 0.1) is 10.7 Å². The van der Waals surface area contributed by atoms with Crippen LogP contribution in [-0.2, 0) is 9.59 Å². The van der Waals surface area contributed by atoms with E-state index >= 15 is 0 Å². The van der Waals surface area contributed by atoms with Gasteiger partial charge in [-0.2, -0.15) is 0 Å². The average molecular weight is 513 g/mol. The summed E-state index contributed by atoms with van der Waals surface area (Å²) in [7, 11) is 0. The Morgan fingerprint density at radius 2 is 1.59 bits per heavy atom. The summed E-state index contributed by atoms with van der Waals surface area (Å²) in [5.74, 6) is -1.39. The summed E-state index contributed by atoms with van der Waals surface area (Å²) in [5, 5.41) is 2.83. The second-order valence-corrected chi connectivity index (χ2v) is 8.82. The van der Waals surface area contributed by atoms with Crippen LogP contribution in [0.2, 0.25) is 5.02 Å². The fourth-order valence-electron chi connectivity index (χ4n) is 3.70. The van der Waals surface area contributed by atoms with E-state index in [0.717, 1.165) is 32.0 Å². The molecule has 32 heavy (non-hydrogen) atoms. The molecule has 1 fully saturated rings. The number of amides is 4. The first-order valence-electron chi connectivity index (χ1n) is 9.80. The number of carbonyl (C=O) groups excluding carboxylic acids is 3. The van der Waals surface area contributed by atoms with Gasteiger partial charge in [0.2, 0.25) is 0 Å². The molecule has 162 valence electrons. The zero-order chi connectivity index (χ0) is 23.2. The highest BCUT2D eigenvalue weighted by molar-refractivity contribution is 9.10. The van der Waals surface area contributed by atoms with Crippen LogP contribution in [0, 0.1) is 20.8 Å². The van der Waals surface area contributed by atoms with Gasteiger partial charge in [-0.3, -0.25) is 14.9 Å². The predicted octanol–water partition coefficient (Wildman–Crippen LogP) is 5.48. The third-order valence-corrected chi connectivity index (χ3v) is 6.56. The lowest BCUT2D eigenvalue weighted by Gasteiger charge is -2.26. The Morgan fingerprint density at radius 1 is 0.938 bits per heavy atom. The fourth-order valence-corrected chi connectivity index (χ4v) is 4.12. The number of nitrogens with zero attached hydrogens (tertiary/aromatic N) is 2. The molecule has 2 heterocycles. The molecule has 1 aliphatic rings. The van der Waals surface area contributed by atoms with Crippen molar-refractivity contribution < 1.29 is 14.4 Å². The molecule has 4 rings (SSSR count). The average Bonchev–Trinajstić information content (AvgIpc) is 3.01. The van der Waals surface area contributed by atoms with Gasteiger partial charge < -0.3 is 4.57 Å². The fraction of sp³-hybridized carbons (Fsp3) is 0.125. The highest BCUT2D eigenvalue weighted by atomic mass is 79.9. The molecule has 0 aliphatic carbocycles. The van der Waals surface area contributed by atoms with Crippen molar-refractivity contribution in [2.75, 3.05) is 4.90 Å². The molecule has 8 heteroatoms. The summed E-state index contributed by atoms with van der Waals surface area (Å²) in [6.45, 7) is 5.73. The van der Waals surface area contributed by atoms with Gasteiger partial charge in [-0.1, -0.05) is 29.3 Å². The van der Waals surface area contributed by atoms with Crippen molar-refractivity contribution in [3.05, 3.63) is 86.1 Å². The van der Waals surface area contributed by atoms with Crippen LogP contribution in [0.5, 0.6) is 0 Å². The lowest BCUT2D eigenvalue weighted by Crippen LogP contribution is -2.54. The Kier molecular flexibility index (Phi) is 5.79. The van der Waals surface area contributed by atoms with E-state index in [2.05, 4.69) is 21.2 Å². The molecule has 0 saturated carbocycles. The van der Waals surface area contributed by atoms with E-state index in [-0.39, 0.29) is 5.57 Å². The Bertz CT molecular complexity index is 1310. The van der Waals surface area contributed by atoms with Crippen molar-refractivity contribution in [2.24, 2.45) is 0 Å². The molecule has 0 atom stereocenters. The molecule has 4 amide bonds. The lowest BCUT2D eigenvalue weighted by molar-refractivity contribution is -0.122. The van der Waals surface area contributed by atoms with E-state index in [1.54, 1.807) is 24.3 Å². The van der Waals surface area contributed by atoms with Gasteiger partial charge in [0.25, 0.3) is 11.8 Å². The van der Waals surface area contributed by atoms with E-state index < -0.39 is 17.8 Å². The first-order valence-corrected chi connectivity index (χ1v) is 11.0. The number of halogens is 2. The number of hydrogen-bond donors (Lipinski definition) is 1. The number of rotatable bonds is 3. The van der Waals surface area contributed by atoms with Gasteiger partial charge in [0, 0.05) is 21.5 Å². The molecule has 0 bridgehead atoms. The van der Waals surface area contributed by atoms with Crippen LogP contribution in [0.25, 0.3) is 11.8 Å². The van der Waals surface area contributed by atoms with Crippen LogP contribution in [-0.4, -0.2) is 22.4 Å². The van der Waals surface area contributed by atoms with Crippen LogP contribution in [0.1, 0.15) is 22.5 Å². The Hall–Kier alpha value is -3.16. The minimum absolute atomic E-state index is 0.112. The summed E-state index contributed by atoms with van der Waals surface area (Å²) in [5.41, 5.74) is 4.55. The van der Waals surface area contributed by atoms with Crippen molar-refractivity contribution in [3.63, 3.8) is 0 Å². The van der Waals surface area contributed by atoms with Gasteiger partial charge in [-0.05, 0) is 84.7 Å². The zero-order valence-corrected chi connectivity index (χ0v) is 19.9. The largest absolute Gasteiger partial charge is 0.335 e. The molecule has 3 aromatic rings. The monoisotopic (exact) mass is 511 g/mol. The third-order valence-electron chi connectivity index (χ3n) is 5.33. The van der Waals surface area contributed by atoms with E-state index in [4.69, 9.17) is 11.6 Å². The number of anilines is 1. The number of urea groups is 1. The Balaban J connectivity index is 1.76. The molecular formula is C24H19BrClN3O3. The van der Waals surface area contributed by atoms with Crippen LogP contribution in [0.3, 0.4) is 0 Å². The van der Waals surface area contributed by atoms with Crippen molar-refractivity contribution in [3.8, 4) is 5.69 Å². The number of imide groups is 2. The second-order valence-electron chi connectivity index (χ2n) is 7.55. The third kappa shape index (κ3) is 3.89. The van der Waals surface area contributed by atoms with Crippen molar-refractivity contribution in [2.45, 2.75) is 20.8 Å². The molecule has 0 radical (unpaired) electrons. The number of aryl methyl sites for hydroxylation is 2. The molecule has 6 nitrogen and oxygen atoms in total. The summed E-state index contributed by atoms with van der Waals surface area (Å²) < 4.78 is 2.77. The maximum atomic E-state index is 13.1. The SMILES string of the molecule is Cc1ccc(N2C(=O)NC(=O)/C(=C\c3cc(C)n(-c4ccc(Br)c(Cl)c4)c3C)C2=O)cc1. The quantitative estimate of drug-likeness (QED) is 0.373. The van der Waals surface area contributed by atoms with Crippen LogP contribution < -0.4 is 10.2 Å². The Labute approximate surface area is 198 Å². The summed E-state index contributed by atoms with van der Waals surface area (Å²) in [4.78, 5) is 39.0. The normalized spacial score (nSPS) is 15.5. The number of hydrogen-bond acceptors (Lipinski definition) is 3. The number of benzene rings is 2. The van der Waals surface area contributed by atoms with Gasteiger partial charge in [0.1, 0.15) is 5.57 Å². The van der Waals surface area contributed by atoms with Gasteiger partial charge in [-0.25, -0.2) is 9.69 Å².